The Labute approximate surface area is 174 Å². The number of rotatable bonds is 4. The number of halogens is 2. The summed E-state index contributed by atoms with van der Waals surface area (Å²) in [7, 11) is 0. The lowest BCUT2D eigenvalue weighted by atomic mass is 9.63. The van der Waals surface area contributed by atoms with Gasteiger partial charge in [-0.15, -0.1) is 0 Å². The fourth-order valence-corrected chi connectivity index (χ4v) is 4.45. The lowest BCUT2D eigenvalue weighted by molar-refractivity contribution is -0.143. The molecule has 1 aliphatic carbocycles. The van der Waals surface area contributed by atoms with Crippen LogP contribution in [0.4, 0.5) is 14.6 Å². The Kier molecular flexibility index (Phi) is 5.54. The van der Waals surface area contributed by atoms with Crippen molar-refractivity contribution in [2.24, 2.45) is 5.92 Å². The zero-order valence-corrected chi connectivity index (χ0v) is 17.0. The van der Waals surface area contributed by atoms with Crippen LogP contribution in [0.15, 0.2) is 36.5 Å². The number of nitrogens with zero attached hydrogens (tertiary/aromatic N) is 2. The van der Waals surface area contributed by atoms with Gasteiger partial charge in [-0.05, 0) is 50.3 Å². The van der Waals surface area contributed by atoms with Crippen LogP contribution in [0.1, 0.15) is 43.2 Å². The summed E-state index contributed by atoms with van der Waals surface area (Å²) in [6, 6.07) is 7.05. The van der Waals surface area contributed by atoms with E-state index >= 15 is 0 Å². The Hall–Kier alpha value is -2.83. The maximum Gasteiger partial charge on any atom is 0.233 e. The first-order chi connectivity index (χ1) is 14.4. The first-order valence-electron chi connectivity index (χ1n) is 10.4. The van der Waals surface area contributed by atoms with Crippen molar-refractivity contribution in [3.05, 3.63) is 59.3 Å². The van der Waals surface area contributed by atoms with Gasteiger partial charge in [-0.3, -0.25) is 9.59 Å². The number of pyridine rings is 1. The quantitative estimate of drug-likeness (QED) is 0.825. The number of hydrogen-bond donors (Lipinski definition) is 1. The summed E-state index contributed by atoms with van der Waals surface area (Å²) in [4.78, 5) is 32.0. The average Bonchev–Trinajstić information content (AvgIpc) is 2.70. The molecule has 7 heteroatoms. The SMILES string of the molecule is Cc1ccc(NC(=O)C2CCCN(C(=O)C3(c4ccc(F)cc4F)CCC3)C2)nc1. The molecular formula is C23H25F2N3O2. The lowest BCUT2D eigenvalue weighted by Crippen LogP contribution is -2.54. The Morgan fingerprint density at radius 3 is 2.60 bits per heavy atom. The van der Waals surface area contributed by atoms with Crippen LogP contribution in [-0.2, 0) is 15.0 Å². The molecule has 1 saturated carbocycles. The van der Waals surface area contributed by atoms with Crippen LogP contribution in [0.5, 0.6) is 0 Å². The van der Waals surface area contributed by atoms with Crippen LogP contribution >= 0.6 is 0 Å². The molecule has 2 aliphatic rings. The highest BCUT2D eigenvalue weighted by atomic mass is 19.1. The fraction of sp³-hybridized carbons (Fsp3) is 0.435. The minimum absolute atomic E-state index is 0.162. The van der Waals surface area contributed by atoms with Gasteiger partial charge in [-0.1, -0.05) is 18.6 Å². The number of nitrogens with one attached hydrogen (secondary N) is 1. The second-order valence-corrected chi connectivity index (χ2v) is 8.36. The highest BCUT2D eigenvalue weighted by molar-refractivity contribution is 5.93. The van der Waals surface area contributed by atoms with Crippen LogP contribution in [0.25, 0.3) is 0 Å². The molecule has 0 radical (unpaired) electrons. The van der Waals surface area contributed by atoms with Gasteiger partial charge in [0.1, 0.15) is 17.5 Å². The predicted molar refractivity (Wildman–Crippen MR) is 109 cm³/mol. The molecule has 5 nitrogen and oxygen atoms in total. The van der Waals surface area contributed by atoms with E-state index in [4.69, 9.17) is 0 Å². The van der Waals surface area contributed by atoms with Gasteiger partial charge in [-0.25, -0.2) is 13.8 Å². The van der Waals surface area contributed by atoms with E-state index in [1.165, 1.54) is 12.1 Å². The van der Waals surface area contributed by atoms with Gasteiger partial charge in [0, 0.05) is 30.9 Å². The van der Waals surface area contributed by atoms with E-state index in [9.17, 15) is 18.4 Å². The number of carbonyl (C=O) groups excluding carboxylic acids is 2. The molecule has 0 bridgehead atoms. The minimum Gasteiger partial charge on any atom is -0.341 e. The van der Waals surface area contributed by atoms with Crippen LogP contribution in [0.3, 0.4) is 0 Å². The van der Waals surface area contributed by atoms with Crippen molar-refractivity contribution in [2.75, 3.05) is 18.4 Å². The molecule has 158 valence electrons. The van der Waals surface area contributed by atoms with Gasteiger partial charge in [0.15, 0.2) is 0 Å². The third-order valence-electron chi connectivity index (χ3n) is 6.31. The summed E-state index contributed by atoms with van der Waals surface area (Å²) in [5, 5.41) is 2.82. The molecular weight excluding hydrogens is 388 g/mol. The molecule has 1 aromatic carbocycles. The van der Waals surface area contributed by atoms with E-state index in [2.05, 4.69) is 10.3 Å². The molecule has 1 saturated heterocycles. The van der Waals surface area contributed by atoms with Gasteiger partial charge in [0.25, 0.3) is 0 Å². The van der Waals surface area contributed by atoms with Gasteiger partial charge in [-0.2, -0.15) is 0 Å². The van der Waals surface area contributed by atoms with Crippen molar-refractivity contribution < 1.29 is 18.4 Å². The maximum atomic E-state index is 14.5. The number of likely N-dealkylation sites (tertiary alicyclic amines) is 1. The molecule has 30 heavy (non-hydrogen) atoms. The molecule has 1 aliphatic heterocycles. The third-order valence-corrected chi connectivity index (χ3v) is 6.31. The summed E-state index contributed by atoms with van der Waals surface area (Å²) in [5.74, 6) is -1.53. The van der Waals surface area contributed by atoms with Crippen molar-refractivity contribution >= 4 is 17.6 Å². The van der Waals surface area contributed by atoms with Crippen molar-refractivity contribution in [3.8, 4) is 0 Å². The monoisotopic (exact) mass is 413 g/mol. The molecule has 2 amide bonds. The van der Waals surface area contributed by atoms with Crippen LogP contribution in [0.2, 0.25) is 0 Å². The number of hydrogen-bond acceptors (Lipinski definition) is 3. The van der Waals surface area contributed by atoms with Gasteiger partial charge in [0.05, 0.1) is 11.3 Å². The van der Waals surface area contributed by atoms with E-state index in [-0.39, 0.29) is 23.3 Å². The zero-order valence-electron chi connectivity index (χ0n) is 17.0. The van der Waals surface area contributed by atoms with Gasteiger partial charge in [0.2, 0.25) is 11.8 Å². The van der Waals surface area contributed by atoms with Crippen molar-refractivity contribution in [3.63, 3.8) is 0 Å². The van der Waals surface area contributed by atoms with Crippen LogP contribution in [0, 0.1) is 24.5 Å². The van der Waals surface area contributed by atoms with E-state index in [1.54, 1.807) is 17.2 Å². The van der Waals surface area contributed by atoms with Crippen molar-refractivity contribution in [1.29, 1.82) is 0 Å². The molecule has 4 rings (SSSR count). The number of benzene rings is 1. The molecule has 1 aromatic heterocycles. The Bertz CT molecular complexity index is 957. The molecule has 0 spiro atoms. The van der Waals surface area contributed by atoms with Gasteiger partial charge >= 0.3 is 0 Å². The normalized spacial score (nSPS) is 20.4. The number of aromatic nitrogens is 1. The second-order valence-electron chi connectivity index (χ2n) is 8.36. The standard InChI is InChI=1S/C23H25F2N3O2/c1-15-5-8-20(26-13-15)27-21(29)16-4-2-11-28(14-16)22(30)23(9-3-10-23)18-7-6-17(24)12-19(18)25/h5-8,12-13,16H,2-4,9-11,14H2,1H3,(H,26,27,29). The Balaban J connectivity index is 1.48. The number of anilines is 1. The molecule has 1 unspecified atom stereocenters. The summed E-state index contributed by atoms with van der Waals surface area (Å²) in [6.07, 6.45) is 4.96. The first kappa shape index (κ1) is 20.4. The predicted octanol–water partition coefficient (Wildman–Crippen LogP) is 3.97. The first-order valence-corrected chi connectivity index (χ1v) is 10.4. The fourth-order valence-electron chi connectivity index (χ4n) is 4.45. The number of piperidine rings is 1. The minimum atomic E-state index is -0.950. The molecule has 1 atom stereocenters. The molecule has 2 aromatic rings. The van der Waals surface area contributed by atoms with E-state index in [1.807, 2.05) is 13.0 Å². The topological polar surface area (TPSA) is 62.3 Å². The van der Waals surface area contributed by atoms with E-state index < -0.39 is 17.0 Å². The average molecular weight is 413 g/mol. The smallest absolute Gasteiger partial charge is 0.233 e. The Morgan fingerprint density at radius 1 is 1.17 bits per heavy atom. The number of aryl methyl sites for hydroxylation is 1. The Morgan fingerprint density at radius 2 is 1.97 bits per heavy atom. The molecule has 2 fully saturated rings. The van der Waals surface area contributed by atoms with Crippen molar-refractivity contribution in [2.45, 2.75) is 44.4 Å². The van der Waals surface area contributed by atoms with E-state index in [0.29, 0.717) is 44.6 Å². The highest BCUT2D eigenvalue weighted by Crippen LogP contribution is 2.46. The summed E-state index contributed by atoms with van der Waals surface area (Å²) >= 11 is 0. The zero-order chi connectivity index (χ0) is 21.3. The third kappa shape index (κ3) is 3.80. The number of amides is 2. The second kappa shape index (κ2) is 8.13. The largest absolute Gasteiger partial charge is 0.341 e. The van der Waals surface area contributed by atoms with Crippen LogP contribution in [-0.4, -0.2) is 34.8 Å². The molecule has 1 N–H and O–H groups in total. The van der Waals surface area contributed by atoms with E-state index in [0.717, 1.165) is 18.1 Å². The van der Waals surface area contributed by atoms with Crippen LogP contribution < -0.4 is 5.32 Å². The highest BCUT2D eigenvalue weighted by Gasteiger charge is 2.50. The lowest BCUT2D eigenvalue weighted by Gasteiger charge is -2.45. The maximum absolute atomic E-state index is 14.5. The summed E-state index contributed by atoms with van der Waals surface area (Å²) in [6.45, 7) is 2.75. The molecule has 2 heterocycles. The summed E-state index contributed by atoms with van der Waals surface area (Å²) < 4.78 is 27.9. The summed E-state index contributed by atoms with van der Waals surface area (Å²) in [5.41, 5.74) is 0.311. The van der Waals surface area contributed by atoms with Gasteiger partial charge < -0.3 is 10.2 Å². The van der Waals surface area contributed by atoms with Crippen molar-refractivity contribution in [1.82, 2.24) is 9.88 Å². The number of carbonyl (C=O) groups is 2.